The molecule has 1 aromatic heterocycles. The Labute approximate surface area is 154 Å². The van der Waals surface area contributed by atoms with Gasteiger partial charge < -0.3 is 0 Å². The zero-order valence-electron chi connectivity index (χ0n) is 16.1. The highest BCUT2D eigenvalue weighted by Crippen LogP contribution is 2.17. The third-order valence-corrected chi connectivity index (χ3v) is 4.81. The van der Waals surface area contributed by atoms with Gasteiger partial charge in [0.25, 0.3) is 0 Å². The predicted octanol–water partition coefficient (Wildman–Crippen LogP) is 6.78. The molecule has 0 aliphatic rings. The highest BCUT2D eigenvalue weighted by molar-refractivity contribution is 5.55. The van der Waals surface area contributed by atoms with Gasteiger partial charge in [0, 0.05) is 18.0 Å². The Balaban J connectivity index is 1.80. The Morgan fingerprint density at radius 1 is 0.600 bits per heavy atom. The van der Waals surface area contributed by atoms with E-state index in [0.29, 0.717) is 0 Å². The van der Waals surface area contributed by atoms with Crippen LogP contribution >= 0.6 is 0 Å². The first-order chi connectivity index (χ1) is 12.3. The predicted molar refractivity (Wildman–Crippen MR) is 108 cm³/mol. The molecule has 0 bridgehead atoms. The summed E-state index contributed by atoms with van der Waals surface area (Å²) in [6.07, 6.45) is 18.1. The molecule has 0 saturated carbocycles. The van der Waals surface area contributed by atoms with Crippen LogP contribution in [0.4, 0.5) is 0 Å². The first kappa shape index (κ1) is 19.6. The second kappa shape index (κ2) is 11.8. The number of hydrogen-bond donors (Lipinski definition) is 0. The van der Waals surface area contributed by atoms with Crippen LogP contribution < -0.4 is 0 Å². The van der Waals surface area contributed by atoms with Crippen LogP contribution in [0.15, 0.2) is 36.7 Å². The van der Waals surface area contributed by atoms with Gasteiger partial charge >= 0.3 is 0 Å². The molecule has 0 amide bonds. The molecule has 0 aliphatic carbocycles. The van der Waals surface area contributed by atoms with E-state index >= 15 is 0 Å². The lowest BCUT2D eigenvalue weighted by molar-refractivity contribution is 0.631. The van der Waals surface area contributed by atoms with Gasteiger partial charge in [-0.25, -0.2) is 9.97 Å². The van der Waals surface area contributed by atoms with Crippen molar-refractivity contribution in [2.24, 2.45) is 0 Å². The van der Waals surface area contributed by atoms with Gasteiger partial charge in [-0.15, -0.1) is 0 Å². The van der Waals surface area contributed by atoms with Gasteiger partial charge in [-0.3, -0.25) is 0 Å². The molecule has 2 heteroatoms. The van der Waals surface area contributed by atoms with Gasteiger partial charge in [-0.2, -0.15) is 0 Å². The molecule has 0 unspecified atom stereocenters. The standard InChI is InChI=1S/C23H34N2/c1-3-5-7-9-11-13-21-18-24-23(25-19-21)22-16-14-20(15-17-22)12-10-8-6-4-2/h14-19H,3-13H2,1-2H3. The number of aromatic nitrogens is 2. The molecule has 136 valence electrons. The van der Waals surface area contributed by atoms with Crippen LogP contribution in [0.5, 0.6) is 0 Å². The lowest BCUT2D eigenvalue weighted by atomic mass is 10.0. The molecule has 0 N–H and O–H groups in total. The molecule has 0 spiro atoms. The molecule has 2 aromatic rings. The molecule has 1 heterocycles. The zero-order chi connectivity index (χ0) is 17.7. The maximum Gasteiger partial charge on any atom is 0.159 e. The first-order valence-electron chi connectivity index (χ1n) is 10.2. The third kappa shape index (κ3) is 7.37. The Morgan fingerprint density at radius 3 is 1.72 bits per heavy atom. The van der Waals surface area contributed by atoms with E-state index in [1.807, 2.05) is 12.4 Å². The van der Waals surface area contributed by atoms with Crippen LogP contribution in [0.2, 0.25) is 0 Å². The molecular formula is C23H34N2. The van der Waals surface area contributed by atoms with Gasteiger partial charge in [-0.05, 0) is 36.8 Å². The Bertz CT molecular complexity index is 572. The molecule has 2 nitrogen and oxygen atoms in total. The lowest BCUT2D eigenvalue weighted by Crippen LogP contribution is -1.94. The largest absolute Gasteiger partial charge is 0.236 e. The number of aryl methyl sites for hydroxylation is 2. The molecule has 1 aromatic carbocycles. The van der Waals surface area contributed by atoms with Crippen molar-refractivity contribution >= 4 is 0 Å². The summed E-state index contributed by atoms with van der Waals surface area (Å²) in [4.78, 5) is 9.14. The number of unbranched alkanes of at least 4 members (excludes halogenated alkanes) is 7. The van der Waals surface area contributed by atoms with E-state index in [1.165, 1.54) is 75.3 Å². The summed E-state index contributed by atoms with van der Waals surface area (Å²) < 4.78 is 0. The second-order valence-corrected chi connectivity index (χ2v) is 7.09. The van der Waals surface area contributed by atoms with Gasteiger partial charge in [0.15, 0.2) is 5.82 Å². The minimum absolute atomic E-state index is 0.840. The average Bonchev–Trinajstić information content (AvgIpc) is 2.66. The molecule has 0 aliphatic heterocycles. The molecule has 0 atom stereocenters. The Hall–Kier alpha value is -1.70. The van der Waals surface area contributed by atoms with Gasteiger partial charge in [0.05, 0.1) is 0 Å². The monoisotopic (exact) mass is 338 g/mol. The van der Waals surface area contributed by atoms with E-state index in [9.17, 15) is 0 Å². The maximum atomic E-state index is 4.57. The molecular weight excluding hydrogens is 304 g/mol. The fourth-order valence-corrected chi connectivity index (χ4v) is 3.14. The lowest BCUT2D eigenvalue weighted by Gasteiger charge is -2.05. The topological polar surface area (TPSA) is 25.8 Å². The van der Waals surface area contributed by atoms with Crippen molar-refractivity contribution < 1.29 is 0 Å². The quantitative estimate of drug-likeness (QED) is 0.399. The zero-order valence-corrected chi connectivity index (χ0v) is 16.1. The van der Waals surface area contributed by atoms with Gasteiger partial charge in [-0.1, -0.05) is 83.1 Å². The normalized spacial score (nSPS) is 11.0. The van der Waals surface area contributed by atoms with E-state index < -0.39 is 0 Å². The minimum Gasteiger partial charge on any atom is -0.236 e. The van der Waals surface area contributed by atoms with E-state index in [2.05, 4.69) is 48.1 Å². The van der Waals surface area contributed by atoms with Crippen molar-refractivity contribution in [2.75, 3.05) is 0 Å². The molecule has 0 saturated heterocycles. The van der Waals surface area contributed by atoms with Crippen LogP contribution in [0.25, 0.3) is 11.4 Å². The molecule has 25 heavy (non-hydrogen) atoms. The van der Waals surface area contributed by atoms with E-state index in [1.54, 1.807) is 0 Å². The highest BCUT2D eigenvalue weighted by Gasteiger charge is 2.02. The van der Waals surface area contributed by atoms with Crippen LogP contribution in [0.1, 0.15) is 82.8 Å². The van der Waals surface area contributed by atoms with Crippen molar-refractivity contribution in [3.63, 3.8) is 0 Å². The van der Waals surface area contributed by atoms with Crippen molar-refractivity contribution in [1.29, 1.82) is 0 Å². The van der Waals surface area contributed by atoms with Crippen LogP contribution in [0, 0.1) is 0 Å². The summed E-state index contributed by atoms with van der Waals surface area (Å²) in [7, 11) is 0. The SMILES string of the molecule is CCCCCCCc1cnc(-c2ccc(CCCCCC)cc2)nc1. The molecule has 0 fully saturated rings. The summed E-state index contributed by atoms with van der Waals surface area (Å²) in [5, 5.41) is 0. The fraction of sp³-hybridized carbons (Fsp3) is 0.565. The van der Waals surface area contributed by atoms with Crippen molar-refractivity contribution in [3.05, 3.63) is 47.8 Å². The van der Waals surface area contributed by atoms with Gasteiger partial charge in [0.1, 0.15) is 0 Å². The smallest absolute Gasteiger partial charge is 0.159 e. The summed E-state index contributed by atoms with van der Waals surface area (Å²) in [6, 6.07) is 8.78. The van der Waals surface area contributed by atoms with Crippen LogP contribution in [-0.4, -0.2) is 9.97 Å². The third-order valence-electron chi connectivity index (χ3n) is 4.81. The fourth-order valence-electron chi connectivity index (χ4n) is 3.14. The summed E-state index contributed by atoms with van der Waals surface area (Å²) >= 11 is 0. The summed E-state index contributed by atoms with van der Waals surface area (Å²) in [6.45, 7) is 4.51. The van der Waals surface area contributed by atoms with Gasteiger partial charge in [0.2, 0.25) is 0 Å². The van der Waals surface area contributed by atoms with Crippen LogP contribution in [-0.2, 0) is 12.8 Å². The number of rotatable bonds is 12. The van der Waals surface area contributed by atoms with E-state index in [4.69, 9.17) is 0 Å². The first-order valence-corrected chi connectivity index (χ1v) is 10.2. The van der Waals surface area contributed by atoms with E-state index in [0.717, 1.165) is 17.8 Å². The molecule has 2 rings (SSSR count). The summed E-state index contributed by atoms with van der Waals surface area (Å²) in [5.41, 5.74) is 3.79. The number of benzene rings is 1. The van der Waals surface area contributed by atoms with Crippen molar-refractivity contribution in [2.45, 2.75) is 84.5 Å². The maximum absolute atomic E-state index is 4.57. The Morgan fingerprint density at radius 2 is 1.12 bits per heavy atom. The number of hydrogen-bond acceptors (Lipinski definition) is 2. The average molecular weight is 339 g/mol. The van der Waals surface area contributed by atoms with Crippen LogP contribution in [0.3, 0.4) is 0 Å². The van der Waals surface area contributed by atoms with E-state index in [-0.39, 0.29) is 0 Å². The Kier molecular flexibility index (Phi) is 9.25. The highest BCUT2D eigenvalue weighted by atomic mass is 14.9. The number of nitrogens with zero attached hydrogens (tertiary/aromatic N) is 2. The minimum atomic E-state index is 0.840. The summed E-state index contributed by atoms with van der Waals surface area (Å²) in [5.74, 6) is 0.840. The van der Waals surface area contributed by atoms with Crippen molar-refractivity contribution in [3.8, 4) is 11.4 Å². The second-order valence-electron chi connectivity index (χ2n) is 7.09. The molecule has 0 radical (unpaired) electrons. The van der Waals surface area contributed by atoms with Crippen molar-refractivity contribution in [1.82, 2.24) is 9.97 Å².